The van der Waals surface area contributed by atoms with Crippen LogP contribution in [0, 0.1) is 0 Å². The molecule has 0 fully saturated rings. The Balaban J connectivity index is 4.44. The van der Waals surface area contributed by atoms with Crippen molar-refractivity contribution in [2.75, 3.05) is 13.2 Å². The molecule has 0 bridgehead atoms. The molecule has 296 valence electrons. The third-order valence-electron chi connectivity index (χ3n) is 8.46. The van der Waals surface area contributed by atoms with E-state index < -0.39 is 12.1 Å². The molecule has 0 saturated heterocycles. The second kappa shape index (κ2) is 40.6. The zero-order valence-corrected chi connectivity index (χ0v) is 33.5. The van der Waals surface area contributed by atoms with Gasteiger partial charge in [0.15, 0.2) is 6.10 Å². The van der Waals surface area contributed by atoms with Crippen LogP contribution < -0.4 is 0 Å². The highest BCUT2D eigenvalue weighted by molar-refractivity contribution is 5.71. The van der Waals surface area contributed by atoms with Gasteiger partial charge >= 0.3 is 17.9 Å². The van der Waals surface area contributed by atoms with E-state index in [0.717, 1.165) is 89.9 Å². The number of hydrogen-bond acceptors (Lipinski definition) is 6. The summed E-state index contributed by atoms with van der Waals surface area (Å²) in [5.41, 5.74) is 0. The Morgan fingerprint density at radius 3 is 1.29 bits per heavy atom. The number of carbonyl (C=O) groups excluding carboxylic acids is 3. The highest BCUT2D eigenvalue weighted by atomic mass is 16.6. The predicted octanol–water partition coefficient (Wildman–Crippen LogP) is 13.1. The molecule has 0 N–H and O–H groups in total. The van der Waals surface area contributed by atoms with E-state index in [2.05, 4.69) is 81.5 Å². The van der Waals surface area contributed by atoms with Gasteiger partial charge in [-0.1, -0.05) is 158 Å². The monoisotopic (exact) mass is 725 g/mol. The van der Waals surface area contributed by atoms with Crippen LogP contribution in [0.2, 0.25) is 0 Å². The smallest absolute Gasteiger partial charge is 0.306 e. The Morgan fingerprint density at radius 1 is 0.404 bits per heavy atom. The van der Waals surface area contributed by atoms with E-state index in [1.165, 1.54) is 44.9 Å². The Hall–Kier alpha value is -3.15. The van der Waals surface area contributed by atoms with Gasteiger partial charge in [-0.25, -0.2) is 0 Å². The highest BCUT2D eigenvalue weighted by Crippen LogP contribution is 2.11. The Labute approximate surface area is 319 Å². The average molecular weight is 725 g/mol. The van der Waals surface area contributed by atoms with Crippen molar-refractivity contribution in [3.05, 3.63) is 72.9 Å². The van der Waals surface area contributed by atoms with Gasteiger partial charge in [-0.3, -0.25) is 14.4 Å². The predicted molar refractivity (Wildman–Crippen MR) is 219 cm³/mol. The lowest BCUT2D eigenvalue weighted by molar-refractivity contribution is -0.166. The molecule has 0 rings (SSSR count). The maximum absolute atomic E-state index is 12.6. The zero-order valence-electron chi connectivity index (χ0n) is 33.5. The quantitative estimate of drug-likeness (QED) is 0.0277. The van der Waals surface area contributed by atoms with E-state index in [4.69, 9.17) is 14.2 Å². The molecule has 6 heteroatoms. The summed E-state index contributed by atoms with van der Waals surface area (Å²) in [5, 5.41) is 0. The minimum atomic E-state index is -0.813. The number of ether oxygens (including phenoxy) is 3. The Kier molecular flexibility index (Phi) is 38.2. The molecule has 0 aromatic rings. The third kappa shape index (κ3) is 38.1. The number of carbonyl (C=O) groups is 3. The van der Waals surface area contributed by atoms with Gasteiger partial charge in [0.05, 0.1) is 0 Å². The lowest BCUT2D eigenvalue weighted by atomic mass is 10.1. The number of unbranched alkanes of at least 4 members (excludes halogenated alkanes) is 13. The van der Waals surface area contributed by atoms with Gasteiger partial charge in [-0.05, 0) is 77.0 Å². The number of hydrogen-bond donors (Lipinski definition) is 0. The van der Waals surface area contributed by atoms with Gasteiger partial charge in [0.2, 0.25) is 0 Å². The SMILES string of the molecule is CC/C=C\C/C=C\C/C=C\C/C=C\CCC(=O)OC(COC(=O)CCCCCCCC)COC(=O)CCCCCCC/C=C\C/C=C\CCCCC. The van der Waals surface area contributed by atoms with E-state index in [1.807, 2.05) is 12.2 Å². The third-order valence-corrected chi connectivity index (χ3v) is 8.46. The highest BCUT2D eigenvalue weighted by Gasteiger charge is 2.19. The first-order valence-electron chi connectivity index (χ1n) is 20.9. The Bertz CT molecular complexity index is 1020. The first kappa shape index (κ1) is 48.9. The first-order chi connectivity index (χ1) is 25.5. The molecule has 0 aliphatic carbocycles. The number of rotatable bonds is 36. The van der Waals surface area contributed by atoms with Crippen molar-refractivity contribution in [2.24, 2.45) is 0 Å². The summed E-state index contributed by atoms with van der Waals surface area (Å²) < 4.78 is 16.5. The lowest BCUT2D eigenvalue weighted by Gasteiger charge is -2.18. The molecule has 0 aliphatic rings. The van der Waals surface area contributed by atoms with Crippen molar-refractivity contribution in [2.45, 2.75) is 187 Å². The summed E-state index contributed by atoms with van der Waals surface area (Å²) in [5.74, 6) is -1.03. The summed E-state index contributed by atoms with van der Waals surface area (Å²) in [6.45, 7) is 6.32. The zero-order chi connectivity index (χ0) is 38.0. The van der Waals surface area contributed by atoms with Gasteiger partial charge in [-0.15, -0.1) is 0 Å². The normalized spacial score (nSPS) is 12.8. The second-order valence-corrected chi connectivity index (χ2v) is 13.5. The van der Waals surface area contributed by atoms with Crippen LogP contribution in [0.15, 0.2) is 72.9 Å². The van der Waals surface area contributed by atoms with E-state index >= 15 is 0 Å². The first-order valence-corrected chi connectivity index (χ1v) is 20.9. The van der Waals surface area contributed by atoms with Crippen LogP contribution in [0.3, 0.4) is 0 Å². The van der Waals surface area contributed by atoms with Gasteiger partial charge in [0.1, 0.15) is 13.2 Å². The molecule has 0 radical (unpaired) electrons. The van der Waals surface area contributed by atoms with Crippen LogP contribution in [0.25, 0.3) is 0 Å². The molecule has 0 spiro atoms. The summed E-state index contributed by atoms with van der Waals surface area (Å²) in [7, 11) is 0. The molecule has 0 amide bonds. The molecule has 52 heavy (non-hydrogen) atoms. The van der Waals surface area contributed by atoms with Crippen LogP contribution in [0.4, 0.5) is 0 Å². The standard InChI is InChI=1S/C46H76O6/c1-4-7-10-13-16-18-20-22-23-25-26-28-30-33-36-39-45(48)51-42-43(41-50-44(47)38-35-32-15-12-9-6-3)52-46(49)40-37-34-31-29-27-24-21-19-17-14-11-8-5-2/h8,11,16-19,22-24,27,31,34,43H,4-7,9-10,12-15,20-21,25-26,28-30,32-33,35-42H2,1-3H3/b11-8-,18-16-,19-17-,23-22-,27-24-,34-31-. The molecule has 1 unspecified atom stereocenters. The number of esters is 3. The fourth-order valence-electron chi connectivity index (χ4n) is 5.31. The Morgan fingerprint density at radius 2 is 0.788 bits per heavy atom. The van der Waals surface area contributed by atoms with Crippen molar-refractivity contribution in [3.63, 3.8) is 0 Å². The van der Waals surface area contributed by atoms with Crippen LogP contribution in [-0.4, -0.2) is 37.2 Å². The van der Waals surface area contributed by atoms with Crippen LogP contribution in [0.5, 0.6) is 0 Å². The fraction of sp³-hybridized carbons (Fsp3) is 0.674. The van der Waals surface area contributed by atoms with Crippen molar-refractivity contribution >= 4 is 17.9 Å². The van der Waals surface area contributed by atoms with E-state index in [-0.39, 0.29) is 31.6 Å². The molecule has 0 aromatic carbocycles. The van der Waals surface area contributed by atoms with Gasteiger partial charge in [0, 0.05) is 19.3 Å². The fourth-order valence-corrected chi connectivity index (χ4v) is 5.31. The van der Waals surface area contributed by atoms with Gasteiger partial charge in [-0.2, -0.15) is 0 Å². The van der Waals surface area contributed by atoms with Gasteiger partial charge < -0.3 is 14.2 Å². The van der Waals surface area contributed by atoms with E-state index in [9.17, 15) is 14.4 Å². The largest absolute Gasteiger partial charge is 0.462 e. The lowest BCUT2D eigenvalue weighted by Crippen LogP contribution is -2.30. The van der Waals surface area contributed by atoms with Crippen molar-refractivity contribution in [3.8, 4) is 0 Å². The van der Waals surface area contributed by atoms with E-state index in [0.29, 0.717) is 19.3 Å². The van der Waals surface area contributed by atoms with Crippen LogP contribution in [-0.2, 0) is 28.6 Å². The molecule has 0 aliphatic heterocycles. The summed E-state index contributed by atoms with van der Waals surface area (Å²) in [6, 6.07) is 0. The molecule has 0 aromatic heterocycles. The maximum atomic E-state index is 12.6. The van der Waals surface area contributed by atoms with Crippen molar-refractivity contribution in [1.29, 1.82) is 0 Å². The average Bonchev–Trinajstić information content (AvgIpc) is 3.14. The van der Waals surface area contributed by atoms with Crippen molar-refractivity contribution < 1.29 is 28.6 Å². The second-order valence-electron chi connectivity index (χ2n) is 13.5. The number of allylic oxidation sites excluding steroid dienone is 12. The summed E-state index contributed by atoms with van der Waals surface area (Å²) in [4.78, 5) is 37.4. The summed E-state index contributed by atoms with van der Waals surface area (Å²) >= 11 is 0. The van der Waals surface area contributed by atoms with Crippen molar-refractivity contribution in [1.82, 2.24) is 0 Å². The minimum absolute atomic E-state index is 0.110. The molecular weight excluding hydrogens is 648 g/mol. The van der Waals surface area contributed by atoms with Gasteiger partial charge in [0.25, 0.3) is 0 Å². The summed E-state index contributed by atoms with van der Waals surface area (Å²) in [6.07, 6.45) is 49.1. The van der Waals surface area contributed by atoms with Crippen LogP contribution in [0.1, 0.15) is 181 Å². The minimum Gasteiger partial charge on any atom is -0.462 e. The van der Waals surface area contributed by atoms with Crippen LogP contribution >= 0.6 is 0 Å². The molecule has 1 atom stereocenters. The molecule has 0 saturated carbocycles. The van der Waals surface area contributed by atoms with E-state index in [1.54, 1.807) is 0 Å². The molecule has 0 heterocycles. The molecule has 6 nitrogen and oxygen atoms in total. The maximum Gasteiger partial charge on any atom is 0.306 e. The topological polar surface area (TPSA) is 78.9 Å². The molecular formula is C46H76O6.